The second kappa shape index (κ2) is 6.68. The standard InChI is InChI=1S/K.H2O4S.U.H/c;1-5(2,3)4;;/h;(H2,1,2,3,4);;/q+1;;;-1. The van der Waals surface area contributed by atoms with Crippen molar-refractivity contribution in [2.24, 2.45) is 0 Å². The van der Waals surface area contributed by atoms with Crippen LogP contribution in [0.25, 0.3) is 0 Å². The Morgan fingerprint density at radius 2 is 1.29 bits per heavy atom. The van der Waals surface area contributed by atoms with Gasteiger partial charge in [-0.3, -0.25) is 9.11 Å². The molecule has 0 fully saturated rings. The molecule has 0 spiro atoms. The molecule has 38 valence electrons. The normalized spacial score (nSPS) is 8.29. The smallest absolute Gasteiger partial charge is 1.00 e. The van der Waals surface area contributed by atoms with Gasteiger partial charge in [0.25, 0.3) is 0 Å². The average molecular weight is 376 g/mol. The Bertz CT molecular complexity index is 99.2. The van der Waals surface area contributed by atoms with E-state index < -0.39 is 10.4 Å². The van der Waals surface area contributed by atoms with Crippen LogP contribution in [0, 0.1) is 31.1 Å². The topological polar surface area (TPSA) is 74.6 Å². The maximum atomic E-state index is 8.74. The minimum absolute atomic E-state index is 0. The fourth-order valence-corrected chi connectivity index (χ4v) is 0. The van der Waals surface area contributed by atoms with E-state index in [0.29, 0.717) is 0 Å². The summed E-state index contributed by atoms with van der Waals surface area (Å²) >= 11 is 0. The van der Waals surface area contributed by atoms with E-state index in [2.05, 4.69) is 0 Å². The molecular formula is H3KO4SU. The molecule has 0 aliphatic heterocycles. The zero-order valence-corrected chi connectivity index (χ0v) is 11.7. The number of rotatable bonds is 0. The van der Waals surface area contributed by atoms with Crippen molar-refractivity contribution in [1.82, 2.24) is 0 Å². The van der Waals surface area contributed by atoms with Crippen LogP contribution in [0.3, 0.4) is 0 Å². The SMILES string of the molecule is O=S(=O)(O)O.[H-].[K+].[U]. The largest absolute Gasteiger partial charge is 1.00 e. The van der Waals surface area contributed by atoms with Gasteiger partial charge in [0.1, 0.15) is 0 Å². The minimum atomic E-state index is -4.67. The molecule has 0 saturated heterocycles. The summed E-state index contributed by atoms with van der Waals surface area (Å²) in [6.07, 6.45) is 0. The third-order valence-electron chi connectivity index (χ3n) is 0. The van der Waals surface area contributed by atoms with Gasteiger partial charge in [0.05, 0.1) is 0 Å². The van der Waals surface area contributed by atoms with Crippen LogP contribution >= 0.6 is 0 Å². The van der Waals surface area contributed by atoms with Gasteiger partial charge in [0.15, 0.2) is 0 Å². The Kier molecular flexibility index (Phi) is 15.5. The first-order chi connectivity index (χ1) is 2.00. The molecule has 0 radical (unpaired) electrons. The fourth-order valence-electron chi connectivity index (χ4n) is 0. The summed E-state index contributed by atoms with van der Waals surface area (Å²) in [5, 5.41) is 0. The molecule has 0 aliphatic carbocycles. The Hall–Kier alpha value is 2.56. The van der Waals surface area contributed by atoms with Crippen LogP contribution < -0.4 is 51.4 Å². The summed E-state index contributed by atoms with van der Waals surface area (Å²) in [6, 6.07) is 0. The molecule has 0 atom stereocenters. The summed E-state index contributed by atoms with van der Waals surface area (Å²) in [5.74, 6) is 0. The van der Waals surface area contributed by atoms with Gasteiger partial charge in [0.2, 0.25) is 0 Å². The van der Waals surface area contributed by atoms with E-state index in [1.54, 1.807) is 0 Å². The summed E-state index contributed by atoms with van der Waals surface area (Å²) in [4.78, 5) is 0. The van der Waals surface area contributed by atoms with Crippen LogP contribution in [0.2, 0.25) is 0 Å². The monoisotopic (exact) mass is 376 g/mol. The molecule has 0 bridgehead atoms. The van der Waals surface area contributed by atoms with E-state index in [-0.39, 0.29) is 83.9 Å². The first-order valence-corrected chi connectivity index (χ1v) is 2.10. The van der Waals surface area contributed by atoms with Gasteiger partial charge < -0.3 is 1.43 Å². The first kappa shape index (κ1) is 16.3. The van der Waals surface area contributed by atoms with E-state index in [9.17, 15) is 0 Å². The molecule has 7 heavy (non-hydrogen) atoms. The van der Waals surface area contributed by atoms with Gasteiger partial charge >= 0.3 is 61.8 Å². The number of hydrogen-bond donors (Lipinski definition) is 2. The molecule has 0 unspecified atom stereocenters. The molecular weight excluding hydrogens is 373 g/mol. The van der Waals surface area contributed by atoms with Gasteiger partial charge in [-0.25, -0.2) is 0 Å². The molecule has 0 saturated carbocycles. The zero-order valence-electron chi connectivity index (χ0n) is 4.62. The molecule has 2 N–H and O–H groups in total. The van der Waals surface area contributed by atoms with Crippen molar-refractivity contribution in [1.29, 1.82) is 0 Å². The van der Waals surface area contributed by atoms with Gasteiger partial charge in [-0.2, -0.15) is 8.42 Å². The summed E-state index contributed by atoms with van der Waals surface area (Å²) < 4.78 is 31.6. The predicted molar refractivity (Wildman–Crippen MR) is 15.3 cm³/mol. The molecule has 0 aromatic heterocycles. The van der Waals surface area contributed by atoms with Crippen molar-refractivity contribution >= 4 is 10.4 Å². The van der Waals surface area contributed by atoms with E-state index >= 15 is 0 Å². The van der Waals surface area contributed by atoms with Crippen molar-refractivity contribution in [3.05, 3.63) is 0 Å². The zero-order chi connectivity index (χ0) is 4.50. The minimum Gasteiger partial charge on any atom is -1.00 e. The van der Waals surface area contributed by atoms with Crippen LogP contribution in [0.5, 0.6) is 0 Å². The molecule has 0 aliphatic rings. The molecule has 0 aromatic carbocycles. The Balaban J connectivity index is -0.0000000267. The van der Waals surface area contributed by atoms with Crippen molar-refractivity contribution < 1.29 is 101 Å². The molecule has 0 aromatic rings. The summed E-state index contributed by atoms with van der Waals surface area (Å²) in [5.41, 5.74) is 0. The van der Waals surface area contributed by atoms with Crippen LogP contribution in [0.1, 0.15) is 1.43 Å². The summed E-state index contributed by atoms with van der Waals surface area (Å²) in [6.45, 7) is 0. The average Bonchev–Trinajstić information content (AvgIpc) is 0.722. The molecule has 0 rings (SSSR count). The maximum Gasteiger partial charge on any atom is 1.00 e. The summed E-state index contributed by atoms with van der Waals surface area (Å²) in [7, 11) is -4.67. The Morgan fingerprint density at radius 3 is 1.29 bits per heavy atom. The Morgan fingerprint density at radius 1 is 1.29 bits per heavy atom. The number of hydrogen-bond acceptors (Lipinski definition) is 2. The predicted octanol–water partition coefficient (Wildman–Crippen LogP) is -3.54. The van der Waals surface area contributed by atoms with Crippen molar-refractivity contribution in [3.8, 4) is 0 Å². The van der Waals surface area contributed by atoms with Crippen molar-refractivity contribution in [2.75, 3.05) is 0 Å². The van der Waals surface area contributed by atoms with Gasteiger partial charge in [-0.15, -0.1) is 0 Å². The van der Waals surface area contributed by atoms with Crippen LogP contribution in [0.4, 0.5) is 0 Å². The van der Waals surface area contributed by atoms with E-state index in [1.165, 1.54) is 0 Å². The molecule has 0 heterocycles. The van der Waals surface area contributed by atoms with Gasteiger partial charge in [-0.05, 0) is 0 Å². The van der Waals surface area contributed by atoms with Gasteiger partial charge in [0, 0.05) is 31.1 Å². The second-order valence-electron chi connectivity index (χ2n) is 0.448. The quantitative estimate of drug-likeness (QED) is 0.340. The van der Waals surface area contributed by atoms with Crippen LogP contribution in [-0.4, -0.2) is 17.5 Å². The Labute approximate surface area is 109 Å². The molecule has 0 amide bonds. The van der Waals surface area contributed by atoms with E-state index in [1.807, 2.05) is 0 Å². The first-order valence-electron chi connectivity index (χ1n) is 0.698. The van der Waals surface area contributed by atoms with Crippen molar-refractivity contribution in [2.45, 2.75) is 0 Å². The third kappa shape index (κ3) is 56.2. The van der Waals surface area contributed by atoms with E-state index in [4.69, 9.17) is 17.5 Å². The van der Waals surface area contributed by atoms with E-state index in [0.717, 1.165) is 0 Å². The van der Waals surface area contributed by atoms with Crippen molar-refractivity contribution in [3.63, 3.8) is 0 Å². The van der Waals surface area contributed by atoms with Crippen LogP contribution in [-0.2, 0) is 10.4 Å². The molecule has 7 heteroatoms. The van der Waals surface area contributed by atoms with Crippen LogP contribution in [0.15, 0.2) is 0 Å². The van der Waals surface area contributed by atoms with Gasteiger partial charge in [-0.1, -0.05) is 0 Å². The third-order valence-corrected chi connectivity index (χ3v) is 0. The maximum absolute atomic E-state index is 8.74. The fraction of sp³-hybridized carbons (Fsp3) is 0. The molecule has 4 nitrogen and oxygen atoms in total. The second-order valence-corrected chi connectivity index (χ2v) is 1.34.